The first-order valence-electron chi connectivity index (χ1n) is 5.63. The van der Waals surface area contributed by atoms with Gasteiger partial charge in [0.2, 0.25) is 5.91 Å². The molecule has 2 nitrogen and oxygen atoms in total. The highest BCUT2D eigenvalue weighted by Gasteiger charge is 2.33. The van der Waals surface area contributed by atoms with Gasteiger partial charge >= 0.3 is 0 Å². The number of hydrogen-bond donors (Lipinski definition) is 0. The molecule has 1 aliphatic heterocycles. The summed E-state index contributed by atoms with van der Waals surface area (Å²) in [5.74, 6) is -0.314. The minimum absolute atomic E-state index is 0.0355. The molecule has 0 saturated heterocycles. The predicted octanol–water partition coefficient (Wildman–Crippen LogP) is 3.37. The van der Waals surface area contributed by atoms with Gasteiger partial charge in [0.1, 0.15) is 5.82 Å². The van der Waals surface area contributed by atoms with Crippen LogP contribution in [-0.4, -0.2) is 11.4 Å². The van der Waals surface area contributed by atoms with Crippen molar-refractivity contribution in [1.82, 2.24) is 0 Å². The fourth-order valence-electron chi connectivity index (χ4n) is 2.58. The van der Waals surface area contributed by atoms with Gasteiger partial charge < -0.3 is 4.90 Å². The Balaban J connectivity index is 2.69. The van der Waals surface area contributed by atoms with Crippen LogP contribution in [0.2, 0.25) is 0 Å². The Kier molecular flexibility index (Phi) is 2.57. The van der Waals surface area contributed by atoms with Crippen LogP contribution in [-0.2, 0) is 4.79 Å². The third kappa shape index (κ3) is 1.86. The maximum atomic E-state index is 13.3. The molecule has 2 rings (SSSR count). The molecule has 0 fully saturated rings. The lowest BCUT2D eigenvalue weighted by atomic mass is 9.89. The van der Waals surface area contributed by atoms with E-state index in [1.165, 1.54) is 19.1 Å². The monoisotopic (exact) mass is 233 g/mol. The molecule has 1 aromatic rings. The number of nitrogens with zero attached hydrogens (tertiary/aromatic N) is 1. The van der Waals surface area contributed by atoms with E-state index < -0.39 is 0 Å². The summed E-state index contributed by atoms with van der Waals surface area (Å²) < 4.78 is 13.3. The van der Waals surface area contributed by atoms with Crippen LogP contribution < -0.4 is 4.90 Å². The molecular formula is C14H16FNO. The fraction of sp³-hybridized carbons (Fsp3) is 0.357. The number of carbonyl (C=O) groups excluding carboxylic acids is 1. The number of carbonyl (C=O) groups is 1. The van der Waals surface area contributed by atoms with Gasteiger partial charge in [-0.3, -0.25) is 4.79 Å². The molecule has 1 aromatic carbocycles. The normalized spacial score (nSPS) is 17.5. The highest BCUT2D eigenvalue weighted by atomic mass is 19.1. The molecule has 0 unspecified atom stereocenters. The zero-order chi connectivity index (χ0) is 12.8. The third-order valence-electron chi connectivity index (χ3n) is 3.09. The van der Waals surface area contributed by atoms with Crippen LogP contribution in [0.1, 0.15) is 33.3 Å². The summed E-state index contributed by atoms with van der Waals surface area (Å²) in [6.45, 7) is 7.43. The van der Waals surface area contributed by atoms with E-state index in [9.17, 15) is 9.18 Å². The average molecular weight is 233 g/mol. The van der Waals surface area contributed by atoms with Gasteiger partial charge in [-0.1, -0.05) is 6.08 Å². The second kappa shape index (κ2) is 3.69. The van der Waals surface area contributed by atoms with Crippen molar-refractivity contribution in [3.63, 3.8) is 0 Å². The van der Waals surface area contributed by atoms with Crippen LogP contribution in [0, 0.1) is 5.82 Å². The Morgan fingerprint density at radius 1 is 1.35 bits per heavy atom. The summed E-state index contributed by atoms with van der Waals surface area (Å²) >= 11 is 0. The minimum Gasteiger partial charge on any atom is -0.303 e. The molecule has 1 aliphatic rings. The third-order valence-corrected chi connectivity index (χ3v) is 3.09. The molecule has 0 radical (unpaired) electrons. The molecule has 0 N–H and O–H groups in total. The second-order valence-electron chi connectivity index (χ2n) is 5.00. The summed E-state index contributed by atoms with van der Waals surface area (Å²) in [4.78, 5) is 13.5. The van der Waals surface area contributed by atoms with E-state index >= 15 is 0 Å². The topological polar surface area (TPSA) is 20.3 Å². The van der Waals surface area contributed by atoms with Crippen molar-refractivity contribution >= 4 is 17.2 Å². The molecule has 0 aliphatic carbocycles. The maximum Gasteiger partial charge on any atom is 0.224 e. The van der Waals surface area contributed by atoms with Gasteiger partial charge in [-0.15, -0.1) is 0 Å². The second-order valence-corrected chi connectivity index (χ2v) is 5.00. The zero-order valence-corrected chi connectivity index (χ0v) is 10.5. The van der Waals surface area contributed by atoms with Crippen molar-refractivity contribution in [2.45, 2.75) is 33.2 Å². The van der Waals surface area contributed by atoms with Crippen LogP contribution in [0.4, 0.5) is 10.1 Å². The van der Waals surface area contributed by atoms with Crippen molar-refractivity contribution in [3.8, 4) is 0 Å². The Hall–Kier alpha value is -1.64. The predicted molar refractivity (Wildman–Crippen MR) is 67.3 cm³/mol. The Morgan fingerprint density at radius 3 is 2.59 bits per heavy atom. The lowest BCUT2D eigenvalue weighted by Gasteiger charge is -2.41. The maximum absolute atomic E-state index is 13.3. The van der Waals surface area contributed by atoms with Crippen molar-refractivity contribution in [1.29, 1.82) is 0 Å². The van der Waals surface area contributed by atoms with Crippen molar-refractivity contribution in [2.75, 3.05) is 4.90 Å². The van der Waals surface area contributed by atoms with Gasteiger partial charge in [-0.2, -0.15) is 0 Å². The zero-order valence-electron chi connectivity index (χ0n) is 10.5. The van der Waals surface area contributed by atoms with Gasteiger partial charge in [0.05, 0.1) is 11.2 Å². The van der Waals surface area contributed by atoms with Crippen molar-refractivity contribution in [2.24, 2.45) is 0 Å². The first-order chi connectivity index (χ1) is 7.83. The Labute approximate surface area is 101 Å². The highest BCUT2D eigenvalue weighted by Crippen LogP contribution is 2.39. The average Bonchev–Trinajstić information content (AvgIpc) is 2.17. The molecule has 0 bridgehead atoms. The van der Waals surface area contributed by atoms with E-state index in [1.54, 1.807) is 11.0 Å². The Bertz CT molecular complexity index is 517. The van der Waals surface area contributed by atoms with Crippen molar-refractivity contribution in [3.05, 3.63) is 35.7 Å². The molecule has 3 heteroatoms. The number of benzene rings is 1. The fourth-order valence-corrected chi connectivity index (χ4v) is 2.58. The van der Waals surface area contributed by atoms with E-state index in [4.69, 9.17) is 0 Å². The molecule has 0 spiro atoms. The first kappa shape index (κ1) is 11.8. The van der Waals surface area contributed by atoms with Crippen LogP contribution in [0.3, 0.4) is 0 Å². The number of halogens is 1. The molecule has 17 heavy (non-hydrogen) atoms. The quantitative estimate of drug-likeness (QED) is 0.672. The van der Waals surface area contributed by atoms with Crippen molar-refractivity contribution < 1.29 is 9.18 Å². The van der Waals surface area contributed by atoms with E-state index in [0.717, 1.165) is 16.8 Å². The summed E-state index contributed by atoms with van der Waals surface area (Å²) in [6, 6.07) is 4.54. The smallest absolute Gasteiger partial charge is 0.224 e. The van der Waals surface area contributed by atoms with Gasteiger partial charge in [-0.05, 0) is 44.5 Å². The summed E-state index contributed by atoms with van der Waals surface area (Å²) in [5.41, 5.74) is 2.20. The van der Waals surface area contributed by atoms with Crippen LogP contribution >= 0.6 is 0 Å². The van der Waals surface area contributed by atoms with Gasteiger partial charge in [0.15, 0.2) is 0 Å². The molecule has 0 aromatic heterocycles. The van der Waals surface area contributed by atoms with Gasteiger partial charge in [0.25, 0.3) is 0 Å². The minimum atomic E-state index is -0.374. The van der Waals surface area contributed by atoms with Crippen LogP contribution in [0.15, 0.2) is 24.3 Å². The number of fused-ring (bicyclic) bond motifs is 1. The van der Waals surface area contributed by atoms with E-state index in [1.807, 2.05) is 26.8 Å². The van der Waals surface area contributed by atoms with E-state index in [2.05, 4.69) is 0 Å². The van der Waals surface area contributed by atoms with Gasteiger partial charge in [-0.25, -0.2) is 4.39 Å². The van der Waals surface area contributed by atoms with Crippen LogP contribution in [0.5, 0.6) is 0 Å². The summed E-state index contributed by atoms with van der Waals surface area (Å²) in [5, 5.41) is 0. The number of rotatable bonds is 0. The molecule has 0 saturated carbocycles. The van der Waals surface area contributed by atoms with Crippen LogP contribution in [0.25, 0.3) is 5.57 Å². The standard InChI is InChI=1S/C14H16FNO/c1-9-8-14(3,4)16(10(2)17)13-6-5-11(15)7-12(9)13/h5-8H,1-4H3. The lowest BCUT2D eigenvalue weighted by molar-refractivity contribution is -0.117. The summed E-state index contributed by atoms with van der Waals surface area (Å²) in [6.07, 6.45) is 2.00. The number of amides is 1. The van der Waals surface area contributed by atoms with Gasteiger partial charge in [0, 0.05) is 12.5 Å². The molecule has 1 amide bonds. The Morgan fingerprint density at radius 2 is 2.00 bits per heavy atom. The number of allylic oxidation sites excluding steroid dienone is 1. The number of anilines is 1. The molecule has 1 heterocycles. The van der Waals surface area contributed by atoms with E-state index in [-0.39, 0.29) is 17.3 Å². The molecule has 90 valence electrons. The lowest BCUT2D eigenvalue weighted by Crippen LogP contribution is -2.47. The summed E-state index contributed by atoms with van der Waals surface area (Å²) in [7, 11) is 0. The highest BCUT2D eigenvalue weighted by molar-refractivity contribution is 5.99. The van der Waals surface area contributed by atoms with E-state index in [0.29, 0.717) is 0 Å². The first-order valence-corrected chi connectivity index (χ1v) is 5.63. The molecule has 0 atom stereocenters. The largest absolute Gasteiger partial charge is 0.303 e. The molecular weight excluding hydrogens is 217 g/mol. The number of hydrogen-bond acceptors (Lipinski definition) is 1. The SMILES string of the molecule is CC(=O)N1c2ccc(F)cc2C(C)=CC1(C)C.